The maximum absolute atomic E-state index is 10.9. The van der Waals surface area contributed by atoms with E-state index in [1.54, 1.807) is 0 Å². The molecule has 0 atom stereocenters. The zero-order valence-electron chi connectivity index (χ0n) is 11.0. The number of nitrogens with zero attached hydrogens (tertiary/aromatic N) is 3. The van der Waals surface area contributed by atoms with Crippen LogP contribution >= 0.6 is 11.6 Å². The van der Waals surface area contributed by atoms with Gasteiger partial charge < -0.3 is 9.51 Å². The highest BCUT2D eigenvalue weighted by molar-refractivity contribution is 6.33. The molecule has 6 heteroatoms. The smallest absolute Gasteiger partial charge is 0.306 e. The predicted octanol–water partition coefficient (Wildman–Crippen LogP) is 2.28. The zero-order chi connectivity index (χ0) is 14.1. The van der Waals surface area contributed by atoms with Gasteiger partial charge in [0.05, 0.1) is 22.8 Å². The Hall–Kier alpha value is -1.59. The lowest BCUT2D eigenvalue weighted by Gasteiger charge is -2.29. The van der Waals surface area contributed by atoms with Crippen LogP contribution in [0.2, 0.25) is 5.02 Å². The minimum atomic E-state index is -0.675. The quantitative estimate of drug-likeness (QED) is 0.943. The van der Waals surface area contributed by atoms with Gasteiger partial charge >= 0.3 is 5.97 Å². The topological polar surface area (TPSA) is 57.8 Å². The molecule has 0 spiro atoms. The molecule has 106 valence electrons. The van der Waals surface area contributed by atoms with Crippen molar-refractivity contribution in [3.63, 3.8) is 0 Å². The summed E-state index contributed by atoms with van der Waals surface area (Å²) in [5, 5.41) is 9.65. The Kier molecular flexibility index (Phi) is 3.63. The SMILES string of the molecule is O=C(O)C1CCN(Cc2cnc3c(Cl)cccn23)CC1. The van der Waals surface area contributed by atoms with E-state index in [-0.39, 0.29) is 5.92 Å². The summed E-state index contributed by atoms with van der Waals surface area (Å²) in [4.78, 5) is 17.5. The molecule has 1 aliphatic heterocycles. The fraction of sp³-hybridized carbons (Fsp3) is 0.429. The van der Waals surface area contributed by atoms with Crippen LogP contribution in [0, 0.1) is 5.92 Å². The molecule has 0 aromatic carbocycles. The number of aliphatic carboxylic acids is 1. The maximum Gasteiger partial charge on any atom is 0.306 e. The molecule has 1 fully saturated rings. The van der Waals surface area contributed by atoms with Crippen LogP contribution in [0.3, 0.4) is 0 Å². The van der Waals surface area contributed by atoms with Gasteiger partial charge in [0.2, 0.25) is 0 Å². The molecule has 0 aliphatic carbocycles. The average Bonchev–Trinajstić information content (AvgIpc) is 2.84. The third-order valence-electron chi connectivity index (χ3n) is 3.89. The molecule has 3 rings (SSSR count). The molecule has 5 nitrogen and oxygen atoms in total. The van der Waals surface area contributed by atoms with Crippen molar-refractivity contribution in [3.05, 3.63) is 35.2 Å². The second-order valence-electron chi connectivity index (χ2n) is 5.19. The van der Waals surface area contributed by atoms with Crippen molar-refractivity contribution < 1.29 is 9.90 Å². The monoisotopic (exact) mass is 293 g/mol. The Morgan fingerprint density at radius 2 is 2.20 bits per heavy atom. The Balaban J connectivity index is 1.72. The van der Waals surface area contributed by atoms with Gasteiger partial charge in [0.1, 0.15) is 0 Å². The molecule has 1 aliphatic rings. The third-order valence-corrected chi connectivity index (χ3v) is 4.18. The largest absolute Gasteiger partial charge is 0.481 e. The summed E-state index contributed by atoms with van der Waals surface area (Å²) in [6.07, 6.45) is 5.22. The molecule has 0 bridgehead atoms. The van der Waals surface area contributed by atoms with Crippen molar-refractivity contribution in [2.75, 3.05) is 13.1 Å². The minimum absolute atomic E-state index is 0.192. The first-order valence-electron chi connectivity index (χ1n) is 6.71. The number of rotatable bonds is 3. The molecule has 2 aromatic rings. The van der Waals surface area contributed by atoms with Crippen molar-refractivity contribution >= 4 is 23.2 Å². The molecular formula is C14H16ClN3O2. The van der Waals surface area contributed by atoms with Crippen molar-refractivity contribution in [2.24, 2.45) is 5.92 Å². The van der Waals surface area contributed by atoms with Gasteiger partial charge in [-0.15, -0.1) is 0 Å². The summed E-state index contributed by atoms with van der Waals surface area (Å²) >= 11 is 6.10. The lowest BCUT2D eigenvalue weighted by atomic mass is 9.97. The number of likely N-dealkylation sites (tertiary alicyclic amines) is 1. The van der Waals surface area contributed by atoms with E-state index in [4.69, 9.17) is 16.7 Å². The molecule has 1 saturated heterocycles. The fourth-order valence-electron chi connectivity index (χ4n) is 2.71. The molecule has 0 radical (unpaired) electrons. The summed E-state index contributed by atoms with van der Waals surface area (Å²) in [6.45, 7) is 2.39. The summed E-state index contributed by atoms with van der Waals surface area (Å²) in [6, 6.07) is 3.73. The molecular weight excluding hydrogens is 278 g/mol. The van der Waals surface area contributed by atoms with E-state index in [1.165, 1.54) is 0 Å². The first-order valence-corrected chi connectivity index (χ1v) is 7.08. The zero-order valence-corrected chi connectivity index (χ0v) is 11.8. The minimum Gasteiger partial charge on any atom is -0.481 e. The fourth-order valence-corrected chi connectivity index (χ4v) is 2.92. The number of hydrogen-bond acceptors (Lipinski definition) is 3. The maximum atomic E-state index is 10.9. The third kappa shape index (κ3) is 2.51. The van der Waals surface area contributed by atoms with E-state index in [9.17, 15) is 4.79 Å². The predicted molar refractivity (Wildman–Crippen MR) is 75.8 cm³/mol. The van der Waals surface area contributed by atoms with Crippen molar-refractivity contribution in [1.29, 1.82) is 0 Å². The van der Waals surface area contributed by atoms with Crippen LogP contribution in [-0.4, -0.2) is 38.4 Å². The molecule has 3 heterocycles. The Morgan fingerprint density at radius 3 is 2.90 bits per heavy atom. The molecule has 0 unspecified atom stereocenters. The van der Waals surface area contributed by atoms with Gasteiger partial charge in [0, 0.05) is 12.7 Å². The Labute approximate surface area is 121 Å². The van der Waals surface area contributed by atoms with Crippen molar-refractivity contribution in [3.8, 4) is 0 Å². The number of pyridine rings is 1. The van der Waals surface area contributed by atoms with Crippen LogP contribution in [-0.2, 0) is 11.3 Å². The van der Waals surface area contributed by atoms with E-state index in [0.29, 0.717) is 17.9 Å². The van der Waals surface area contributed by atoms with E-state index < -0.39 is 5.97 Å². The number of aromatic nitrogens is 2. The summed E-state index contributed by atoms with van der Waals surface area (Å²) < 4.78 is 1.99. The van der Waals surface area contributed by atoms with Crippen LogP contribution in [0.15, 0.2) is 24.5 Å². The van der Waals surface area contributed by atoms with Crippen LogP contribution in [0.25, 0.3) is 5.65 Å². The number of carboxylic acids is 1. The van der Waals surface area contributed by atoms with Gasteiger partial charge in [-0.05, 0) is 38.1 Å². The van der Waals surface area contributed by atoms with Gasteiger partial charge in [-0.3, -0.25) is 9.69 Å². The lowest BCUT2D eigenvalue weighted by molar-refractivity contribution is -0.143. The normalized spacial score (nSPS) is 17.6. The summed E-state index contributed by atoms with van der Waals surface area (Å²) in [5.74, 6) is -0.867. The molecule has 0 saturated carbocycles. The molecule has 1 N–H and O–H groups in total. The molecule has 2 aromatic heterocycles. The molecule has 20 heavy (non-hydrogen) atoms. The highest BCUT2D eigenvalue weighted by atomic mass is 35.5. The number of hydrogen-bond donors (Lipinski definition) is 1. The van der Waals surface area contributed by atoms with Crippen molar-refractivity contribution in [2.45, 2.75) is 19.4 Å². The lowest BCUT2D eigenvalue weighted by Crippen LogP contribution is -2.36. The standard InChI is InChI=1S/C14H16ClN3O2/c15-12-2-1-5-18-11(8-16-13(12)18)9-17-6-3-10(4-7-17)14(19)20/h1-2,5,8,10H,3-4,6-7,9H2,(H,19,20). The van der Waals surface area contributed by atoms with E-state index in [2.05, 4.69) is 9.88 Å². The molecule has 0 amide bonds. The van der Waals surface area contributed by atoms with Crippen molar-refractivity contribution in [1.82, 2.24) is 14.3 Å². The number of carbonyl (C=O) groups is 1. The summed E-state index contributed by atoms with van der Waals surface area (Å²) in [7, 11) is 0. The van der Waals surface area contributed by atoms with E-state index >= 15 is 0 Å². The Bertz CT molecular complexity index is 632. The first kappa shape index (κ1) is 13.4. The number of halogens is 1. The van der Waals surface area contributed by atoms with E-state index in [0.717, 1.165) is 31.0 Å². The number of imidazole rings is 1. The highest BCUT2D eigenvalue weighted by Crippen LogP contribution is 2.21. The first-order chi connectivity index (χ1) is 9.65. The Morgan fingerprint density at radius 1 is 1.45 bits per heavy atom. The number of fused-ring (bicyclic) bond motifs is 1. The number of piperidine rings is 1. The van der Waals surface area contributed by atoms with Gasteiger partial charge in [-0.1, -0.05) is 11.6 Å². The van der Waals surface area contributed by atoms with Crippen LogP contribution in [0.4, 0.5) is 0 Å². The van der Waals surface area contributed by atoms with Gasteiger partial charge in [0.25, 0.3) is 0 Å². The highest BCUT2D eigenvalue weighted by Gasteiger charge is 2.24. The van der Waals surface area contributed by atoms with Crippen LogP contribution in [0.5, 0.6) is 0 Å². The second kappa shape index (κ2) is 5.42. The van der Waals surface area contributed by atoms with Crippen LogP contribution < -0.4 is 0 Å². The van der Waals surface area contributed by atoms with Gasteiger partial charge in [0.15, 0.2) is 5.65 Å². The second-order valence-corrected chi connectivity index (χ2v) is 5.60. The van der Waals surface area contributed by atoms with E-state index in [1.807, 2.05) is 28.9 Å². The number of carboxylic acid groups (broad SMARTS) is 1. The average molecular weight is 294 g/mol. The van der Waals surface area contributed by atoms with Gasteiger partial charge in [-0.25, -0.2) is 4.98 Å². The summed E-state index contributed by atoms with van der Waals surface area (Å²) in [5.41, 5.74) is 1.85. The van der Waals surface area contributed by atoms with Crippen LogP contribution in [0.1, 0.15) is 18.5 Å². The van der Waals surface area contributed by atoms with Gasteiger partial charge in [-0.2, -0.15) is 0 Å².